The maximum Gasteiger partial charge on any atom is 0.277 e. The molecule has 1 unspecified atom stereocenters. The summed E-state index contributed by atoms with van der Waals surface area (Å²) < 4.78 is 11.6. The molecule has 9 nitrogen and oxygen atoms in total. The first kappa shape index (κ1) is 18.6. The van der Waals surface area contributed by atoms with Gasteiger partial charge in [-0.1, -0.05) is 31.0 Å². The number of thioether (sulfide) groups is 1. The van der Waals surface area contributed by atoms with Crippen molar-refractivity contribution in [1.29, 1.82) is 0 Å². The second-order valence-corrected chi connectivity index (χ2v) is 8.04. The number of rotatable bonds is 6. The van der Waals surface area contributed by atoms with Crippen LogP contribution in [0.5, 0.6) is 0 Å². The summed E-state index contributed by atoms with van der Waals surface area (Å²) in [7, 11) is 0. The van der Waals surface area contributed by atoms with Crippen LogP contribution in [-0.4, -0.2) is 25.3 Å². The average molecular weight is 401 g/mol. The second kappa shape index (κ2) is 8.09. The van der Waals surface area contributed by atoms with E-state index in [2.05, 4.69) is 20.4 Å². The van der Waals surface area contributed by atoms with Gasteiger partial charge in [-0.2, -0.15) is 0 Å². The SMILES string of the molecule is CC(Sc1nnc(C2CCCCC2)o1)c1nnc(-c2ccc([N+](=O)[O-])cc2)o1. The Bertz CT molecular complexity index is 949. The summed E-state index contributed by atoms with van der Waals surface area (Å²) in [6, 6.07) is 5.98. The molecule has 28 heavy (non-hydrogen) atoms. The van der Waals surface area contributed by atoms with Gasteiger partial charge < -0.3 is 8.83 Å². The Morgan fingerprint density at radius 2 is 1.82 bits per heavy atom. The van der Waals surface area contributed by atoms with Crippen LogP contribution in [0.2, 0.25) is 0 Å². The molecule has 0 amide bonds. The van der Waals surface area contributed by atoms with Gasteiger partial charge in [-0.15, -0.1) is 20.4 Å². The Morgan fingerprint density at radius 3 is 2.54 bits per heavy atom. The summed E-state index contributed by atoms with van der Waals surface area (Å²) in [6.45, 7) is 1.92. The number of hydrogen-bond acceptors (Lipinski definition) is 9. The first-order valence-corrected chi connectivity index (χ1v) is 10.1. The highest BCUT2D eigenvalue weighted by atomic mass is 32.2. The van der Waals surface area contributed by atoms with Crippen LogP contribution in [0.3, 0.4) is 0 Å². The summed E-state index contributed by atoms with van der Waals surface area (Å²) in [5.41, 5.74) is 0.636. The number of non-ortho nitro benzene ring substituents is 1. The maximum absolute atomic E-state index is 10.7. The second-order valence-electron chi connectivity index (χ2n) is 6.75. The van der Waals surface area contributed by atoms with Crippen LogP contribution in [0.25, 0.3) is 11.5 Å². The highest BCUT2D eigenvalue weighted by molar-refractivity contribution is 7.99. The normalized spacial score (nSPS) is 16.2. The predicted molar refractivity (Wildman–Crippen MR) is 101 cm³/mol. The van der Waals surface area contributed by atoms with Crippen LogP contribution in [0.15, 0.2) is 38.3 Å². The number of benzene rings is 1. The standard InChI is InChI=1S/C18H19N5O4S/c1-11(28-18-22-21-17(27-18)12-5-3-2-4-6-12)15-19-20-16(26-15)13-7-9-14(10-8-13)23(24)25/h7-12H,2-6H2,1H3. The molecule has 1 aromatic carbocycles. The number of hydrogen-bond donors (Lipinski definition) is 0. The zero-order valence-corrected chi connectivity index (χ0v) is 16.1. The van der Waals surface area contributed by atoms with E-state index in [0.29, 0.717) is 34.4 Å². The molecule has 1 aliphatic rings. The molecule has 1 fully saturated rings. The molecule has 10 heteroatoms. The van der Waals surface area contributed by atoms with Crippen LogP contribution in [-0.2, 0) is 0 Å². The molecular weight excluding hydrogens is 382 g/mol. The summed E-state index contributed by atoms with van der Waals surface area (Å²) in [5.74, 6) is 1.82. The Hall–Kier alpha value is -2.75. The molecule has 146 valence electrons. The molecule has 3 aromatic rings. The minimum absolute atomic E-state index is 0.0116. The van der Waals surface area contributed by atoms with Crippen LogP contribution >= 0.6 is 11.8 Å². The van der Waals surface area contributed by atoms with E-state index in [-0.39, 0.29) is 10.9 Å². The van der Waals surface area contributed by atoms with Crippen LogP contribution in [0.1, 0.15) is 62.0 Å². The molecule has 2 aromatic heterocycles. The highest BCUT2D eigenvalue weighted by Crippen LogP contribution is 2.37. The predicted octanol–water partition coefficient (Wildman–Crippen LogP) is 4.93. The molecule has 4 rings (SSSR count). The molecule has 1 atom stereocenters. The van der Waals surface area contributed by atoms with Gasteiger partial charge >= 0.3 is 0 Å². The Kier molecular flexibility index (Phi) is 5.38. The van der Waals surface area contributed by atoms with Crippen molar-refractivity contribution in [2.24, 2.45) is 0 Å². The van der Waals surface area contributed by atoms with Gasteiger partial charge in [0.1, 0.15) is 0 Å². The van der Waals surface area contributed by atoms with Crippen molar-refractivity contribution in [2.45, 2.75) is 55.4 Å². The average Bonchev–Trinajstić information content (AvgIpc) is 3.39. The summed E-state index contributed by atoms with van der Waals surface area (Å²) >= 11 is 1.37. The van der Waals surface area contributed by atoms with E-state index in [1.165, 1.54) is 43.2 Å². The third-order valence-corrected chi connectivity index (χ3v) is 5.69. The molecule has 0 spiro atoms. The summed E-state index contributed by atoms with van der Waals surface area (Å²) in [5, 5.41) is 27.5. The van der Waals surface area contributed by atoms with Crippen molar-refractivity contribution >= 4 is 17.4 Å². The van der Waals surface area contributed by atoms with Crippen molar-refractivity contribution < 1.29 is 13.8 Å². The van der Waals surface area contributed by atoms with Crippen molar-refractivity contribution in [1.82, 2.24) is 20.4 Å². The van der Waals surface area contributed by atoms with E-state index in [9.17, 15) is 10.1 Å². The molecule has 0 saturated heterocycles. The number of nitro groups is 1. The summed E-state index contributed by atoms with van der Waals surface area (Å²) in [6.07, 6.45) is 5.89. The number of nitro benzene ring substituents is 1. The monoisotopic (exact) mass is 401 g/mol. The maximum atomic E-state index is 10.7. The van der Waals surface area contributed by atoms with Gasteiger partial charge in [0, 0.05) is 23.6 Å². The van der Waals surface area contributed by atoms with Crippen molar-refractivity contribution in [2.75, 3.05) is 0 Å². The molecular formula is C18H19N5O4S. The number of aromatic nitrogens is 4. The van der Waals surface area contributed by atoms with Gasteiger partial charge in [0.15, 0.2) is 0 Å². The van der Waals surface area contributed by atoms with E-state index in [4.69, 9.17) is 8.83 Å². The van der Waals surface area contributed by atoms with E-state index >= 15 is 0 Å². The van der Waals surface area contributed by atoms with Gasteiger partial charge in [0.2, 0.25) is 17.7 Å². The van der Waals surface area contributed by atoms with Gasteiger partial charge in [0.25, 0.3) is 10.9 Å². The Balaban J connectivity index is 1.42. The molecule has 2 heterocycles. The highest BCUT2D eigenvalue weighted by Gasteiger charge is 2.24. The summed E-state index contributed by atoms with van der Waals surface area (Å²) in [4.78, 5) is 10.3. The van der Waals surface area contributed by atoms with E-state index in [0.717, 1.165) is 12.8 Å². The quantitative estimate of drug-likeness (QED) is 0.321. The van der Waals surface area contributed by atoms with Crippen molar-refractivity contribution in [3.63, 3.8) is 0 Å². The zero-order valence-electron chi connectivity index (χ0n) is 15.3. The number of nitrogens with zero attached hydrogens (tertiary/aromatic N) is 5. The molecule has 0 bridgehead atoms. The van der Waals surface area contributed by atoms with Crippen LogP contribution in [0.4, 0.5) is 5.69 Å². The van der Waals surface area contributed by atoms with Crippen molar-refractivity contribution in [3.8, 4) is 11.5 Å². The smallest absolute Gasteiger partial charge is 0.277 e. The lowest BCUT2D eigenvalue weighted by atomic mass is 9.89. The van der Waals surface area contributed by atoms with E-state index < -0.39 is 4.92 Å². The fourth-order valence-electron chi connectivity index (χ4n) is 3.23. The molecule has 0 N–H and O–H groups in total. The largest absolute Gasteiger partial charge is 0.419 e. The third kappa shape index (κ3) is 4.06. The minimum atomic E-state index is -0.451. The Labute approximate surface area is 165 Å². The minimum Gasteiger partial charge on any atom is -0.419 e. The topological polar surface area (TPSA) is 121 Å². The lowest BCUT2D eigenvalue weighted by Gasteiger charge is -2.17. The van der Waals surface area contributed by atoms with Crippen LogP contribution in [0, 0.1) is 10.1 Å². The lowest BCUT2D eigenvalue weighted by Crippen LogP contribution is -2.04. The Morgan fingerprint density at radius 1 is 1.07 bits per heavy atom. The molecule has 0 aliphatic heterocycles. The van der Waals surface area contributed by atoms with Gasteiger partial charge in [-0.25, -0.2) is 0 Å². The van der Waals surface area contributed by atoms with Gasteiger partial charge in [0.05, 0.1) is 10.2 Å². The zero-order chi connectivity index (χ0) is 19.5. The molecule has 1 aliphatic carbocycles. The molecule has 0 radical (unpaired) electrons. The fourth-order valence-corrected chi connectivity index (χ4v) is 3.95. The first-order chi connectivity index (χ1) is 13.6. The van der Waals surface area contributed by atoms with E-state index in [1.807, 2.05) is 6.92 Å². The first-order valence-electron chi connectivity index (χ1n) is 9.18. The van der Waals surface area contributed by atoms with Gasteiger partial charge in [-0.05, 0) is 31.9 Å². The lowest BCUT2D eigenvalue weighted by molar-refractivity contribution is -0.384. The van der Waals surface area contributed by atoms with Crippen molar-refractivity contribution in [3.05, 3.63) is 46.2 Å². The van der Waals surface area contributed by atoms with E-state index in [1.54, 1.807) is 12.1 Å². The third-order valence-electron chi connectivity index (χ3n) is 4.77. The van der Waals surface area contributed by atoms with Crippen LogP contribution < -0.4 is 0 Å². The fraction of sp³-hybridized carbons (Fsp3) is 0.444. The van der Waals surface area contributed by atoms with Gasteiger partial charge in [-0.3, -0.25) is 10.1 Å². The molecule has 1 saturated carbocycles.